The Balaban J connectivity index is 1.49. The van der Waals surface area contributed by atoms with Crippen LogP contribution in [0.3, 0.4) is 0 Å². The lowest BCUT2D eigenvalue weighted by atomic mass is 9.90. The molecule has 2 bridgehead atoms. The number of fused-ring (bicyclic) bond motifs is 3. The number of allylic oxidation sites excluding steroid dienone is 1. The highest BCUT2D eigenvalue weighted by Gasteiger charge is 2.55. The van der Waals surface area contributed by atoms with Gasteiger partial charge in [0.05, 0.1) is 17.0 Å². The number of benzene rings is 1. The molecular weight excluding hydrogens is 465 g/mol. The summed E-state index contributed by atoms with van der Waals surface area (Å²) < 4.78 is 41.1. The summed E-state index contributed by atoms with van der Waals surface area (Å²) >= 11 is 0. The number of hydrogen-bond donors (Lipinski definition) is 2. The third-order valence-corrected chi connectivity index (χ3v) is 8.31. The van der Waals surface area contributed by atoms with E-state index in [4.69, 9.17) is 0 Å². The van der Waals surface area contributed by atoms with Gasteiger partial charge in [-0.2, -0.15) is 13.2 Å². The molecule has 0 spiro atoms. The molecule has 1 amide bonds. The number of halogens is 3. The minimum absolute atomic E-state index is 0.0185. The molecule has 8 heteroatoms. The lowest BCUT2D eigenvalue weighted by molar-refractivity contribution is -0.122. The van der Waals surface area contributed by atoms with Gasteiger partial charge in [-0.25, -0.2) is 4.98 Å². The summed E-state index contributed by atoms with van der Waals surface area (Å²) in [5.74, 6) is 0.120. The third-order valence-electron chi connectivity index (χ3n) is 8.31. The van der Waals surface area contributed by atoms with Crippen LogP contribution >= 0.6 is 0 Å². The van der Waals surface area contributed by atoms with Crippen molar-refractivity contribution >= 4 is 34.0 Å². The molecule has 0 aliphatic heterocycles. The number of rotatable bonds is 8. The van der Waals surface area contributed by atoms with Crippen molar-refractivity contribution < 1.29 is 18.0 Å². The first-order valence-electron chi connectivity index (χ1n) is 12.6. The topological polar surface area (TPSA) is 57.3 Å². The van der Waals surface area contributed by atoms with Gasteiger partial charge in [-0.05, 0) is 77.2 Å². The molecule has 0 unspecified atom stereocenters. The predicted octanol–water partition coefficient (Wildman–Crippen LogP) is 5.78. The van der Waals surface area contributed by atoms with E-state index in [1.807, 2.05) is 12.1 Å². The molecule has 2 N–H and O–H groups in total. The van der Waals surface area contributed by atoms with Crippen molar-refractivity contribution in [3.05, 3.63) is 48.3 Å². The van der Waals surface area contributed by atoms with Crippen LogP contribution in [0.5, 0.6) is 0 Å². The van der Waals surface area contributed by atoms with E-state index in [0.29, 0.717) is 23.0 Å². The average molecular weight is 499 g/mol. The summed E-state index contributed by atoms with van der Waals surface area (Å²) in [6.45, 7) is 3.64. The maximum Gasteiger partial charge on any atom is 0.417 e. The number of amides is 1. The van der Waals surface area contributed by atoms with Crippen molar-refractivity contribution in [2.45, 2.75) is 62.2 Å². The van der Waals surface area contributed by atoms with Crippen LogP contribution in [0.4, 0.5) is 18.9 Å². The molecule has 5 rings (SSSR count). The zero-order chi connectivity index (χ0) is 25.7. The maximum absolute atomic E-state index is 13.7. The standard InChI is InChI=1S/C28H33F3N4O/c1-18(28(29,30)31)24-21-7-4-8-23(34-26-11-13-27(17-26,14-12-26)35(2)3)22(21)16-20(33-24)6-5-15-32-25(36)19-9-10-19/h4-8,16,19,34H,1,9-15,17H2,2-3H3,(H,32,36)/b6-5+. The molecule has 3 saturated carbocycles. The smallest absolute Gasteiger partial charge is 0.379 e. The van der Waals surface area contributed by atoms with Crippen LogP contribution in [0.25, 0.3) is 22.4 Å². The summed E-state index contributed by atoms with van der Waals surface area (Å²) in [4.78, 5) is 18.5. The second-order valence-corrected chi connectivity index (χ2v) is 10.9. The van der Waals surface area contributed by atoms with Gasteiger partial charge in [-0.15, -0.1) is 0 Å². The Hall–Kier alpha value is -2.87. The highest BCUT2D eigenvalue weighted by Crippen LogP contribution is 2.54. The Bertz CT molecular complexity index is 1220. The highest BCUT2D eigenvalue weighted by molar-refractivity contribution is 6.01. The van der Waals surface area contributed by atoms with Crippen LogP contribution in [0.2, 0.25) is 0 Å². The minimum Gasteiger partial charge on any atom is -0.379 e. The van der Waals surface area contributed by atoms with Crippen molar-refractivity contribution in [2.24, 2.45) is 5.92 Å². The molecule has 1 aromatic heterocycles. The van der Waals surface area contributed by atoms with E-state index >= 15 is 0 Å². The van der Waals surface area contributed by atoms with Gasteiger partial charge >= 0.3 is 6.18 Å². The zero-order valence-corrected chi connectivity index (χ0v) is 20.8. The molecule has 1 heterocycles. The first-order chi connectivity index (χ1) is 17.0. The van der Waals surface area contributed by atoms with E-state index in [1.165, 1.54) is 0 Å². The number of carbonyl (C=O) groups is 1. The van der Waals surface area contributed by atoms with E-state index in [9.17, 15) is 18.0 Å². The van der Waals surface area contributed by atoms with Gasteiger partial charge in [-0.3, -0.25) is 4.79 Å². The molecule has 5 nitrogen and oxygen atoms in total. The number of carbonyl (C=O) groups excluding carboxylic acids is 1. The maximum atomic E-state index is 13.7. The molecule has 2 aromatic rings. The van der Waals surface area contributed by atoms with Gasteiger partial charge < -0.3 is 15.5 Å². The number of alkyl halides is 3. The molecule has 3 fully saturated rings. The van der Waals surface area contributed by atoms with Crippen molar-refractivity contribution in [3.8, 4) is 0 Å². The summed E-state index contributed by atoms with van der Waals surface area (Å²) in [6.07, 6.45) is 5.92. The van der Waals surface area contributed by atoms with Crippen LogP contribution in [0, 0.1) is 5.92 Å². The molecule has 0 saturated heterocycles. The zero-order valence-electron chi connectivity index (χ0n) is 20.8. The van der Waals surface area contributed by atoms with Crippen LogP contribution in [-0.2, 0) is 4.79 Å². The minimum atomic E-state index is -4.59. The quantitative estimate of drug-likeness (QED) is 0.485. The molecule has 0 radical (unpaired) electrons. The SMILES string of the molecule is C=C(c1nc(/C=C/CNC(=O)C2CC2)cc2c(NC34CCC(N(C)C)(CC3)C4)cccc12)C(F)(F)F. The van der Waals surface area contributed by atoms with Gasteiger partial charge in [0.1, 0.15) is 0 Å². The first-order valence-corrected chi connectivity index (χ1v) is 12.6. The van der Waals surface area contributed by atoms with E-state index < -0.39 is 11.7 Å². The number of anilines is 1. The number of pyridine rings is 1. The summed E-state index contributed by atoms with van der Waals surface area (Å²) in [7, 11) is 4.26. The number of nitrogens with zero attached hydrogens (tertiary/aromatic N) is 2. The molecular formula is C28H33F3N4O. The monoisotopic (exact) mass is 498 g/mol. The fourth-order valence-electron chi connectivity index (χ4n) is 5.92. The average Bonchev–Trinajstić information content (AvgIpc) is 3.54. The number of aromatic nitrogens is 1. The van der Waals surface area contributed by atoms with Crippen LogP contribution in [0.1, 0.15) is 56.3 Å². The van der Waals surface area contributed by atoms with Crippen LogP contribution in [0.15, 0.2) is 36.9 Å². The fourth-order valence-corrected chi connectivity index (χ4v) is 5.92. The van der Waals surface area contributed by atoms with Gasteiger partial charge in [0, 0.05) is 40.0 Å². The Morgan fingerprint density at radius 1 is 1.19 bits per heavy atom. The summed E-state index contributed by atoms with van der Waals surface area (Å²) in [5, 5.41) is 7.71. The molecule has 3 aliphatic rings. The van der Waals surface area contributed by atoms with E-state index in [2.05, 4.69) is 41.2 Å². The van der Waals surface area contributed by atoms with Gasteiger partial charge in [-0.1, -0.05) is 24.8 Å². The van der Waals surface area contributed by atoms with Crippen molar-refractivity contribution in [1.82, 2.24) is 15.2 Å². The predicted molar refractivity (Wildman–Crippen MR) is 137 cm³/mol. The fraction of sp³-hybridized carbons (Fsp3) is 0.500. The molecule has 0 atom stereocenters. The number of nitrogens with one attached hydrogen (secondary N) is 2. The molecule has 36 heavy (non-hydrogen) atoms. The Morgan fingerprint density at radius 3 is 2.53 bits per heavy atom. The lowest BCUT2D eigenvalue weighted by Crippen LogP contribution is -2.39. The first kappa shape index (κ1) is 24.8. The second-order valence-electron chi connectivity index (χ2n) is 10.9. The molecule has 3 aliphatic carbocycles. The largest absolute Gasteiger partial charge is 0.417 e. The second kappa shape index (κ2) is 8.91. The van der Waals surface area contributed by atoms with Crippen LogP contribution in [-0.4, -0.2) is 53.7 Å². The normalized spacial score (nSPS) is 25.7. The van der Waals surface area contributed by atoms with E-state index in [0.717, 1.165) is 50.6 Å². The van der Waals surface area contributed by atoms with Crippen molar-refractivity contribution in [1.29, 1.82) is 0 Å². The third kappa shape index (κ3) is 4.63. The molecule has 1 aromatic carbocycles. The Labute approximate surface area is 209 Å². The van der Waals surface area contributed by atoms with Gasteiger partial charge in [0.25, 0.3) is 0 Å². The summed E-state index contributed by atoms with van der Waals surface area (Å²) in [5.41, 5.74) is 0.214. The highest BCUT2D eigenvalue weighted by atomic mass is 19.4. The van der Waals surface area contributed by atoms with E-state index in [1.54, 1.807) is 24.3 Å². The van der Waals surface area contributed by atoms with Crippen molar-refractivity contribution in [2.75, 3.05) is 26.0 Å². The number of hydrogen-bond acceptors (Lipinski definition) is 4. The lowest BCUT2D eigenvalue weighted by Gasteiger charge is -2.34. The van der Waals surface area contributed by atoms with Gasteiger partial charge in [0.15, 0.2) is 0 Å². The van der Waals surface area contributed by atoms with E-state index in [-0.39, 0.29) is 28.6 Å². The van der Waals surface area contributed by atoms with Crippen LogP contribution < -0.4 is 10.6 Å². The Morgan fingerprint density at radius 2 is 1.92 bits per heavy atom. The van der Waals surface area contributed by atoms with Crippen molar-refractivity contribution in [3.63, 3.8) is 0 Å². The van der Waals surface area contributed by atoms with Gasteiger partial charge in [0.2, 0.25) is 5.91 Å². The Kier molecular flexibility index (Phi) is 6.14. The molecule has 192 valence electrons. The summed E-state index contributed by atoms with van der Waals surface area (Å²) in [6, 6.07) is 7.22.